The molecule has 1 fully saturated rings. The van der Waals surface area contributed by atoms with E-state index in [0.29, 0.717) is 6.42 Å². The SMILES string of the molecule is CC(CO)S(=O)(=O)N1CCCS(=O)(=O)CC1. The van der Waals surface area contributed by atoms with Crippen molar-refractivity contribution in [2.45, 2.75) is 18.6 Å². The van der Waals surface area contributed by atoms with Crippen molar-refractivity contribution in [3.05, 3.63) is 0 Å². The standard InChI is InChI=1S/C8H17NO5S2/c1-8(7-10)16(13,14)9-3-2-5-15(11,12)6-4-9/h8,10H,2-7H2,1H3. The molecule has 0 aromatic carbocycles. The van der Waals surface area contributed by atoms with Gasteiger partial charge in [-0.25, -0.2) is 21.1 Å². The molecule has 0 aromatic rings. The Balaban J connectivity index is 2.83. The van der Waals surface area contributed by atoms with Crippen molar-refractivity contribution in [1.29, 1.82) is 0 Å². The summed E-state index contributed by atoms with van der Waals surface area (Å²) in [5, 5.41) is 7.97. The number of nitrogens with zero attached hydrogens (tertiary/aromatic N) is 1. The van der Waals surface area contributed by atoms with E-state index >= 15 is 0 Å². The van der Waals surface area contributed by atoms with Crippen LogP contribution in [0.2, 0.25) is 0 Å². The molecule has 0 saturated carbocycles. The van der Waals surface area contributed by atoms with E-state index in [1.807, 2.05) is 0 Å². The largest absolute Gasteiger partial charge is 0.395 e. The van der Waals surface area contributed by atoms with Gasteiger partial charge >= 0.3 is 0 Å². The molecular weight excluding hydrogens is 254 g/mol. The molecule has 0 bridgehead atoms. The van der Waals surface area contributed by atoms with E-state index in [1.165, 1.54) is 11.2 Å². The molecule has 6 nitrogen and oxygen atoms in total. The number of rotatable bonds is 3. The Morgan fingerprint density at radius 1 is 1.31 bits per heavy atom. The average Bonchev–Trinajstić information content (AvgIpc) is 2.38. The molecule has 1 atom stereocenters. The van der Waals surface area contributed by atoms with Gasteiger partial charge < -0.3 is 5.11 Å². The number of sulfone groups is 1. The highest BCUT2D eigenvalue weighted by Crippen LogP contribution is 2.13. The molecule has 0 amide bonds. The highest BCUT2D eigenvalue weighted by atomic mass is 32.2. The summed E-state index contributed by atoms with van der Waals surface area (Å²) in [7, 11) is -6.68. The van der Waals surface area contributed by atoms with Crippen LogP contribution in [0.25, 0.3) is 0 Å². The molecule has 1 aliphatic heterocycles. The molecule has 0 aliphatic carbocycles. The first kappa shape index (κ1) is 13.9. The summed E-state index contributed by atoms with van der Waals surface area (Å²) in [5.74, 6) is -0.100. The topological polar surface area (TPSA) is 91.8 Å². The van der Waals surface area contributed by atoms with Crippen molar-refractivity contribution in [3.8, 4) is 0 Å². The monoisotopic (exact) mass is 271 g/mol. The molecule has 0 aromatic heterocycles. The van der Waals surface area contributed by atoms with Crippen LogP contribution in [0.1, 0.15) is 13.3 Å². The maximum Gasteiger partial charge on any atom is 0.219 e. The van der Waals surface area contributed by atoms with Crippen LogP contribution in [0, 0.1) is 0 Å². The zero-order chi connectivity index (χ0) is 12.4. The zero-order valence-electron chi connectivity index (χ0n) is 9.16. The minimum atomic E-state index is -3.57. The number of hydrogen-bond donors (Lipinski definition) is 1. The molecule has 1 aliphatic rings. The highest BCUT2D eigenvalue weighted by Gasteiger charge is 2.31. The van der Waals surface area contributed by atoms with Gasteiger partial charge in [0.2, 0.25) is 10.0 Å². The predicted octanol–water partition coefficient (Wildman–Crippen LogP) is -1.18. The van der Waals surface area contributed by atoms with E-state index < -0.39 is 31.7 Å². The molecule has 0 radical (unpaired) electrons. The number of aliphatic hydroxyl groups excluding tert-OH is 1. The number of hydrogen-bond acceptors (Lipinski definition) is 5. The van der Waals surface area contributed by atoms with E-state index in [9.17, 15) is 16.8 Å². The van der Waals surface area contributed by atoms with E-state index in [-0.39, 0.29) is 24.6 Å². The third-order valence-electron chi connectivity index (χ3n) is 2.64. The van der Waals surface area contributed by atoms with E-state index in [0.717, 1.165) is 0 Å². The average molecular weight is 271 g/mol. The van der Waals surface area contributed by atoms with Crippen LogP contribution < -0.4 is 0 Å². The van der Waals surface area contributed by atoms with Crippen LogP contribution >= 0.6 is 0 Å². The van der Waals surface area contributed by atoms with Gasteiger partial charge in [0.1, 0.15) is 0 Å². The van der Waals surface area contributed by atoms with Gasteiger partial charge in [-0.2, -0.15) is 0 Å². The second kappa shape index (κ2) is 4.99. The Labute approximate surface area is 96.2 Å². The first-order valence-electron chi connectivity index (χ1n) is 5.10. The Morgan fingerprint density at radius 3 is 2.50 bits per heavy atom. The van der Waals surface area contributed by atoms with Gasteiger partial charge in [0.25, 0.3) is 0 Å². The van der Waals surface area contributed by atoms with Gasteiger partial charge in [-0.3, -0.25) is 0 Å². The maximum absolute atomic E-state index is 11.9. The lowest BCUT2D eigenvalue weighted by molar-refractivity contribution is 0.289. The number of sulfonamides is 1. The quantitative estimate of drug-likeness (QED) is 0.697. The second-order valence-corrected chi connectivity index (χ2v) is 8.60. The Morgan fingerprint density at radius 2 is 1.94 bits per heavy atom. The summed E-state index contributed by atoms with van der Waals surface area (Å²) in [5.41, 5.74) is 0. The predicted molar refractivity (Wildman–Crippen MR) is 60.3 cm³/mol. The third kappa shape index (κ3) is 3.16. The van der Waals surface area contributed by atoms with Crippen molar-refractivity contribution in [1.82, 2.24) is 4.31 Å². The normalized spacial score (nSPS) is 24.9. The summed E-state index contributed by atoms with van der Waals surface area (Å²) in [6.45, 7) is 1.17. The van der Waals surface area contributed by atoms with Crippen molar-refractivity contribution < 1.29 is 21.9 Å². The molecule has 1 saturated heterocycles. The van der Waals surface area contributed by atoms with Crippen molar-refractivity contribution >= 4 is 19.9 Å². The summed E-state index contributed by atoms with van der Waals surface area (Å²) in [4.78, 5) is 0. The molecule has 1 rings (SSSR count). The van der Waals surface area contributed by atoms with Crippen LogP contribution in [-0.2, 0) is 19.9 Å². The smallest absolute Gasteiger partial charge is 0.219 e. The van der Waals surface area contributed by atoms with Gasteiger partial charge in [-0.1, -0.05) is 0 Å². The third-order valence-corrected chi connectivity index (χ3v) is 6.61. The minimum absolute atomic E-state index is 0.00495. The molecule has 1 unspecified atom stereocenters. The van der Waals surface area contributed by atoms with Crippen LogP contribution in [0.3, 0.4) is 0 Å². The van der Waals surface area contributed by atoms with Crippen LogP contribution in [-0.4, -0.2) is 62.7 Å². The Kier molecular flexibility index (Phi) is 4.33. The highest BCUT2D eigenvalue weighted by molar-refractivity contribution is 7.91. The van der Waals surface area contributed by atoms with Crippen LogP contribution in [0.5, 0.6) is 0 Å². The lowest BCUT2D eigenvalue weighted by Crippen LogP contribution is -2.40. The Hall–Kier alpha value is -0.180. The van der Waals surface area contributed by atoms with Gasteiger partial charge in [-0.05, 0) is 13.3 Å². The zero-order valence-corrected chi connectivity index (χ0v) is 10.8. The van der Waals surface area contributed by atoms with Gasteiger partial charge in [0.05, 0.1) is 23.4 Å². The van der Waals surface area contributed by atoms with Crippen LogP contribution in [0.4, 0.5) is 0 Å². The molecule has 96 valence electrons. The van der Waals surface area contributed by atoms with Crippen LogP contribution in [0.15, 0.2) is 0 Å². The first-order chi connectivity index (χ1) is 7.29. The van der Waals surface area contributed by atoms with E-state index in [1.54, 1.807) is 0 Å². The fraction of sp³-hybridized carbons (Fsp3) is 1.00. The van der Waals surface area contributed by atoms with Gasteiger partial charge in [0, 0.05) is 13.1 Å². The second-order valence-electron chi connectivity index (χ2n) is 3.94. The fourth-order valence-electron chi connectivity index (χ4n) is 1.52. The van der Waals surface area contributed by atoms with Crippen molar-refractivity contribution in [2.75, 3.05) is 31.2 Å². The Bertz CT molecular complexity index is 427. The molecule has 1 N–H and O–H groups in total. The minimum Gasteiger partial charge on any atom is -0.395 e. The van der Waals surface area contributed by atoms with E-state index in [2.05, 4.69) is 0 Å². The first-order valence-corrected chi connectivity index (χ1v) is 8.42. The molecule has 1 heterocycles. The van der Waals surface area contributed by atoms with Gasteiger partial charge in [-0.15, -0.1) is 0 Å². The fourth-order valence-corrected chi connectivity index (χ4v) is 4.33. The number of aliphatic hydroxyl groups is 1. The van der Waals surface area contributed by atoms with E-state index in [4.69, 9.17) is 5.11 Å². The lowest BCUT2D eigenvalue weighted by Gasteiger charge is -2.22. The summed E-state index contributed by atoms with van der Waals surface area (Å²) >= 11 is 0. The van der Waals surface area contributed by atoms with Gasteiger partial charge in [0.15, 0.2) is 9.84 Å². The molecule has 16 heavy (non-hydrogen) atoms. The lowest BCUT2D eigenvalue weighted by atomic mass is 10.5. The molecule has 8 heteroatoms. The molecular formula is C8H17NO5S2. The van der Waals surface area contributed by atoms with Crippen molar-refractivity contribution in [3.63, 3.8) is 0 Å². The molecule has 0 spiro atoms. The summed E-state index contributed by atoms with van der Waals surface area (Å²) < 4.78 is 47.5. The summed E-state index contributed by atoms with van der Waals surface area (Å²) in [6, 6.07) is 0. The maximum atomic E-state index is 11.9. The van der Waals surface area contributed by atoms with Crippen molar-refractivity contribution in [2.24, 2.45) is 0 Å². The summed E-state index contributed by atoms with van der Waals surface area (Å²) in [6.07, 6.45) is 0.319.